The Balaban J connectivity index is 1.86. The van der Waals surface area contributed by atoms with Crippen molar-refractivity contribution in [3.05, 3.63) is 0 Å². The third-order valence-corrected chi connectivity index (χ3v) is 4.86. The first-order chi connectivity index (χ1) is 10.4. The van der Waals surface area contributed by atoms with Crippen LogP contribution in [0.25, 0.3) is 0 Å². The first-order valence-electron chi connectivity index (χ1n) is 8.84. The molecule has 5 heteroatoms. The van der Waals surface area contributed by atoms with Crippen molar-refractivity contribution in [2.45, 2.75) is 89.4 Å². The number of amides is 1. The Kier molecular flexibility index (Phi) is 6.09. The van der Waals surface area contributed by atoms with Crippen LogP contribution in [0.15, 0.2) is 0 Å². The van der Waals surface area contributed by atoms with Crippen LogP contribution in [0.3, 0.4) is 0 Å². The average Bonchev–Trinajstić information content (AvgIpc) is 2.84. The molecular weight excluding hydrogens is 278 g/mol. The van der Waals surface area contributed by atoms with Crippen LogP contribution < -0.4 is 16.4 Å². The van der Waals surface area contributed by atoms with Gasteiger partial charge in [0, 0.05) is 18.1 Å². The fraction of sp³-hybridized carbons (Fsp3) is 0.941. The van der Waals surface area contributed by atoms with Crippen molar-refractivity contribution in [3.8, 4) is 0 Å². The maximum atomic E-state index is 12.0. The average molecular weight is 311 g/mol. The molecule has 2 aliphatic rings. The Hall–Kier alpha value is -0.810. The first-order valence-corrected chi connectivity index (χ1v) is 8.84. The van der Waals surface area contributed by atoms with Crippen molar-refractivity contribution in [1.82, 2.24) is 10.6 Å². The van der Waals surface area contributed by atoms with Crippen LogP contribution in [0.4, 0.5) is 4.79 Å². The van der Waals surface area contributed by atoms with Gasteiger partial charge in [0.05, 0.1) is 0 Å². The lowest BCUT2D eigenvalue weighted by Gasteiger charge is -2.35. The molecule has 0 aromatic heterocycles. The molecule has 0 spiro atoms. The van der Waals surface area contributed by atoms with E-state index in [-0.39, 0.29) is 12.1 Å². The van der Waals surface area contributed by atoms with Crippen LogP contribution in [-0.4, -0.2) is 36.4 Å². The molecule has 0 saturated heterocycles. The second-order valence-electron chi connectivity index (χ2n) is 7.84. The molecule has 4 N–H and O–H groups in total. The fourth-order valence-corrected chi connectivity index (χ4v) is 3.78. The molecule has 1 amide bonds. The lowest BCUT2D eigenvalue weighted by atomic mass is 9.84. The maximum Gasteiger partial charge on any atom is 0.407 e. The minimum atomic E-state index is -0.445. The molecule has 5 nitrogen and oxygen atoms in total. The Morgan fingerprint density at radius 3 is 2.36 bits per heavy atom. The van der Waals surface area contributed by atoms with E-state index in [2.05, 4.69) is 10.6 Å². The summed E-state index contributed by atoms with van der Waals surface area (Å²) in [6.45, 7) is 6.44. The monoisotopic (exact) mass is 311 g/mol. The molecule has 0 heterocycles. The lowest BCUT2D eigenvalue weighted by Crippen LogP contribution is -2.53. The van der Waals surface area contributed by atoms with Crippen LogP contribution >= 0.6 is 0 Å². The van der Waals surface area contributed by atoms with E-state index in [0.717, 1.165) is 25.8 Å². The van der Waals surface area contributed by atoms with Crippen LogP contribution in [0.1, 0.15) is 65.7 Å². The van der Waals surface area contributed by atoms with E-state index in [0.29, 0.717) is 18.0 Å². The number of carbonyl (C=O) groups excluding carboxylic acids is 1. The van der Waals surface area contributed by atoms with Gasteiger partial charge in [0.15, 0.2) is 0 Å². The molecule has 0 radical (unpaired) electrons. The molecule has 2 aliphatic carbocycles. The lowest BCUT2D eigenvalue weighted by molar-refractivity contribution is 0.0495. The molecule has 22 heavy (non-hydrogen) atoms. The third-order valence-electron chi connectivity index (χ3n) is 4.86. The van der Waals surface area contributed by atoms with Gasteiger partial charge in [0.25, 0.3) is 0 Å². The number of ether oxygens (including phenoxy) is 1. The van der Waals surface area contributed by atoms with E-state index in [1.165, 1.54) is 25.7 Å². The molecule has 0 aromatic carbocycles. The summed E-state index contributed by atoms with van der Waals surface area (Å²) < 4.78 is 5.38. The molecule has 0 aromatic rings. The van der Waals surface area contributed by atoms with E-state index in [1.54, 1.807) is 0 Å². The predicted octanol–water partition coefficient (Wildman–Crippen LogP) is 2.54. The van der Waals surface area contributed by atoms with Gasteiger partial charge in [-0.3, -0.25) is 0 Å². The number of hydrogen-bond donors (Lipinski definition) is 3. The van der Waals surface area contributed by atoms with Crippen LogP contribution in [0.5, 0.6) is 0 Å². The highest BCUT2D eigenvalue weighted by Gasteiger charge is 2.33. The zero-order valence-corrected chi connectivity index (χ0v) is 14.4. The highest BCUT2D eigenvalue weighted by Crippen LogP contribution is 2.27. The highest BCUT2D eigenvalue weighted by atomic mass is 16.6. The normalized spacial score (nSPS) is 32.7. The largest absolute Gasteiger partial charge is 0.444 e. The summed E-state index contributed by atoms with van der Waals surface area (Å²) in [5, 5.41) is 6.84. The van der Waals surface area contributed by atoms with E-state index in [9.17, 15) is 4.79 Å². The van der Waals surface area contributed by atoms with E-state index in [1.807, 2.05) is 20.8 Å². The topological polar surface area (TPSA) is 76.4 Å². The molecule has 2 saturated carbocycles. The Morgan fingerprint density at radius 2 is 1.68 bits per heavy atom. The number of alkyl carbamates (subject to hydrolysis) is 1. The van der Waals surface area contributed by atoms with Crippen molar-refractivity contribution in [1.29, 1.82) is 0 Å². The van der Waals surface area contributed by atoms with Gasteiger partial charge < -0.3 is 21.1 Å². The zero-order valence-electron chi connectivity index (χ0n) is 14.4. The highest BCUT2D eigenvalue weighted by molar-refractivity contribution is 5.68. The van der Waals surface area contributed by atoms with Gasteiger partial charge in [0.2, 0.25) is 0 Å². The molecule has 2 rings (SSSR count). The van der Waals surface area contributed by atoms with Crippen molar-refractivity contribution in [3.63, 3.8) is 0 Å². The minimum absolute atomic E-state index is 0.176. The van der Waals surface area contributed by atoms with Gasteiger partial charge >= 0.3 is 6.09 Å². The number of rotatable bonds is 4. The summed E-state index contributed by atoms with van der Waals surface area (Å²) in [5.41, 5.74) is 5.48. The predicted molar refractivity (Wildman–Crippen MR) is 88.7 cm³/mol. The number of carbonyl (C=O) groups is 1. The fourth-order valence-electron chi connectivity index (χ4n) is 3.78. The zero-order chi connectivity index (χ0) is 16.2. The molecule has 4 unspecified atom stereocenters. The summed E-state index contributed by atoms with van der Waals surface area (Å²) in [5.74, 6) is 0.580. The summed E-state index contributed by atoms with van der Waals surface area (Å²) in [4.78, 5) is 12.0. The van der Waals surface area contributed by atoms with Crippen LogP contribution in [0, 0.1) is 5.92 Å². The summed E-state index contributed by atoms with van der Waals surface area (Å²) in [6, 6.07) is 1.03. The van der Waals surface area contributed by atoms with Gasteiger partial charge in [-0.1, -0.05) is 12.8 Å². The van der Waals surface area contributed by atoms with Crippen LogP contribution in [-0.2, 0) is 4.74 Å². The Morgan fingerprint density at radius 1 is 1.05 bits per heavy atom. The summed E-state index contributed by atoms with van der Waals surface area (Å²) >= 11 is 0. The second-order valence-corrected chi connectivity index (χ2v) is 7.84. The van der Waals surface area contributed by atoms with E-state index in [4.69, 9.17) is 10.5 Å². The van der Waals surface area contributed by atoms with Crippen molar-refractivity contribution in [2.75, 3.05) is 6.54 Å². The molecule has 4 atom stereocenters. The molecular formula is C17H33N3O2. The van der Waals surface area contributed by atoms with E-state index >= 15 is 0 Å². The van der Waals surface area contributed by atoms with Crippen LogP contribution in [0.2, 0.25) is 0 Å². The van der Waals surface area contributed by atoms with Gasteiger partial charge in [-0.2, -0.15) is 0 Å². The summed E-state index contributed by atoms with van der Waals surface area (Å²) in [6.07, 6.45) is 8.01. The SMILES string of the molecule is CC(C)(C)OC(=O)NC1CCCC1NC1CCCCC1CN. The maximum absolute atomic E-state index is 12.0. The molecule has 2 fully saturated rings. The molecule has 128 valence electrons. The number of nitrogens with two attached hydrogens (primary N) is 1. The first kappa shape index (κ1) is 17.5. The number of nitrogens with one attached hydrogen (secondary N) is 2. The third kappa shape index (κ3) is 5.13. The summed E-state index contributed by atoms with van der Waals surface area (Å²) in [7, 11) is 0. The second kappa shape index (κ2) is 7.64. The van der Waals surface area contributed by atoms with Gasteiger partial charge in [0.1, 0.15) is 5.60 Å². The van der Waals surface area contributed by atoms with E-state index < -0.39 is 5.60 Å². The van der Waals surface area contributed by atoms with Crippen molar-refractivity contribution < 1.29 is 9.53 Å². The molecule has 0 aliphatic heterocycles. The van der Waals surface area contributed by atoms with Crippen molar-refractivity contribution >= 4 is 6.09 Å². The van der Waals surface area contributed by atoms with Gasteiger partial charge in [-0.05, 0) is 65.3 Å². The molecule has 0 bridgehead atoms. The van der Waals surface area contributed by atoms with Gasteiger partial charge in [-0.25, -0.2) is 4.79 Å². The Labute approximate surface area is 134 Å². The number of hydrogen-bond acceptors (Lipinski definition) is 4. The van der Waals surface area contributed by atoms with Crippen molar-refractivity contribution in [2.24, 2.45) is 11.7 Å². The Bertz CT molecular complexity index is 367. The van der Waals surface area contributed by atoms with Gasteiger partial charge in [-0.15, -0.1) is 0 Å². The standard InChI is InChI=1S/C17H33N3O2/c1-17(2,3)22-16(21)20-15-10-6-9-14(15)19-13-8-5-4-7-12(13)11-18/h12-15,19H,4-11,18H2,1-3H3,(H,20,21). The smallest absolute Gasteiger partial charge is 0.407 e. The quantitative estimate of drug-likeness (QED) is 0.746. The minimum Gasteiger partial charge on any atom is -0.444 e.